The van der Waals surface area contributed by atoms with Crippen molar-refractivity contribution in [3.05, 3.63) is 58.1 Å². The molecule has 2 aromatic rings. The van der Waals surface area contributed by atoms with Crippen LogP contribution >= 0.6 is 15.9 Å². The Kier molecular flexibility index (Phi) is 4.04. The van der Waals surface area contributed by atoms with E-state index in [1.165, 1.54) is 12.1 Å². The summed E-state index contributed by atoms with van der Waals surface area (Å²) in [5.74, 6) is -0.774. The molecule has 2 nitrogen and oxygen atoms in total. The van der Waals surface area contributed by atoms with E-state index >= 15 is 0 Å². The molecule has 0 aliphatic carbocycles. The normalized spacial score (nSPS) is 10.5. The molecule has 0 radical (unpaired) electrons. The first kappa shape index (κ1) is 13.8. The molecule has 0 atom stereocenters. The van der Waals surface area contributed by atoms with Crippen LogP contribution in [-0.2, 0) is 6.54 Å². The van der Waals surface area contributed by atoms with Gasteiger partial charge in [0.1, 0.15) is 11.6 Å². The van der Waals surface area contributed by atoms with Crippen molar-refractivity contribution in [2.24, 2.45) is 0 Å². The molecule has 0 spiro atoms. The Balaban J connectivity index is 2.28. The maximum absolute atomic E-state index is 13.7. The van der Waals surface area contributed by atoms with Crippen molar-refractivity contribution in [3.63, 3.8) is 0 Å². The summed E-state index contributed by atoms with van der Waals surface area (Å²) < 4.78 is 27.9. The van der Waals surface area contributed by atoms with Crippen molar-refractivity contribution in [2.75, 3.05) is 17.7 Å². The van der Waals surface area contributed by atoms with Crippen molar-refractivity contribution >= 4 is 27.3 Å². The lowest BCUT2D eigenvalue weighted by Crippen LogP contribution is -2.19. The van der Waals surface area contributed by atoms with Crippen molar-refractivity contribution < 1.29 is 8.78 Å². The molecule has 2 aromatic carbocycles. The second kappa shape index (κ2) is 5.57. The highest BCUT2D eigenvalue weighted by Crippen LogP contribution is 2.26. The topological polar surface area (TPSA) is 29.3 Å². The second-order valence-electron chi connectivity index (χ2n) is 4.26. The number of hydrogen-bond donors (Lipinski definition) is 1. The molecule has 0 bridgehead atoms. The third kappa shape index (κ3) is 3.04. The van der Waals surface area contributed by atoms with E-state index < -0.39 is 5.82 Å². The molecular formula is C14H13BrF2N2. The minimum Gasteiger partial charge on any atom is -0.395 e. The molecule has 0 aromatic heterocycles. The molecule has 2 rings (SSSR count). The highest BCUT2D eigenvalue weighted by atomic mass is 79.9. The van der Waals surface area contributed by atoms with E-state index in [9.17, 15) is 8.78 Å². The van der Waals surface area contributed by atoms with E-state index in [4.69, 9.17) is 5.73 Å². The molecule has 0 saturated carbocycles. The third-order valence-corrected chi connectivity index (χ3v) is 3.35. The predicted molar refractivity (Wildman–Crippen MR) is 77.0 cm³/mol. The van der Waals surface area contributed by atoms with Gasteiger partial charge in [-0.25, -0.2) is 8.78 Å². The lowest BCUT2D eigenvalue weighted by atomic mass is 10.2. The van der Waals surface area contributed by atoms with Gasteiger partial charge in [0.2, 0.25) is 0 Å². The minimum absolute atomic E-state index is 0.0698. The number of nitrogen functional groups attached to an aromatic ring is 1. The van der Waals surface area contributed by atoms with E-state index in [0.717, 1.165) is 4.47 Å². The van der Waals surface area contributed by atoms with E-state index in [1.54, 1.807) is 36.2 Å². The first-order valence-corrected chi connectivity index (χ1v) is 6.47. The molecule has 5 heteroatoms. The van der Waals surface area contributed by atoms with Gasteiger partial charge >= 0.3 is 0 Å². The number of para-hydroxylation sites is 1. The molecule has 0 unspecified atom stereocenters. The van der Waals surface area contributed by atoms with Crippen LogP contribution in [0.25, 0.3) is 0 Å². The first-order chi connectivity index (χ1) is 8.99. The van der Waals surface area contributed by atoms with Crippen LogP contribution in [0, 0.1) is 11.6 Å². The number of rotatable bonds is 3. The fourth-order valence-electron chi connectivity index (χ4n) is 1.86. The second-order valence-corrected chi connectivity index (χ2v) is 5.18. The van der Waals surface area contributed by atoms with Gasteiger partial charge in [-0.3, -0.25) is 0 Å². The molecule has 19 heavy (non-hydrogen) atoms. The van der Waals surface area contributed by atoms with Crippen molar-refractivity contribution in [2.45, 2.75) is 6.54 Å². The average molecular weight is 327 g/mol. The van der Waals surface area contributed by atoms with Gasteiger partial charge in [-0.05, 0) is 30.3 Å². The van der Waals surface area contributed by atoms with Crippen LogP contribution in [0.3, 0.4) is 0 Å². The molecule has 0 fully saturated rings. The highest BCUT2D eigenvalue weighted by Gasteiger charge is 2.11. The van der Waals surface area contributed by atoms with Gasteiger partial charge < -0.3 is 10.6 Å². The van der Waals surface area contributed by atoms with E-state index in [2.05, 4.69) is 15.9 Å². The van der Waals surface area contributed by atoms with Gasteiger partial charge in [0.15, 0.2) is 0 Å². The SMILES string of the molecule is CN(Cc1cc(Br)ccc1F)c1cccc(F)c1N. The van der Waals surface area contributed by atoms with Crippen LogP contribution < -0.4 is 10.6 Å². The molecule has 0 aliphatic heterocycles. The van der Waals surface area contributed by atoms with Crippen LogP contribution in [0.15, 0.2) is 40.9 Å². The molecule has 0 amide bonds. The van der Waals surface area contributed by atoms with Crippen LogP contribution in [0.2, 0.25) is 0 Å². The Morgan fingerprint density at radius 2 is 1.89 bits per heavy atom. The summed E-state index contributed by atoms with van der Waals surface area (Å²) in [7, 11) is 1.74. The maximum Gasteiger partial charge on any atom is 0.148 e. The molecule has 2 N–H and O–H groups in total. The molecule has 100 valence electrons. The maximum atomic E-state index is 13.7. The Labute approximate surface area is 119 Å². The lowest BCUT2D eigenvalue weighted by Gasteiger charge is -2.21. The summed E-state index contributed by atoms with van der Waals surface area (Å²) in [6.07, 6.45) is 0. The van der Waals surface area contributed by atoms with Crippen LogP contribution in [0.4, 0.5) is 20.2 Å². The van der Waals surface area contributed by atoms with Gasteiger partial charge in [-0.1, -0.05) is 22.0 Å². The van der Waals surface area contributed by atoms with E-state index in [1.807, 2.05) is 0 Å². The number of hydrogen-bond acceptors (Lipinski definition) is 2. The molecule has 0 aliphatic rings. The van der Waals surface area contributed by atoms with Crippen molar-refractivity contribution in [3.8, 4) is 0 Å². The standard InChI is InChI=1S/C14H13BrF2N2/c1-19(13-4-2-3-12(17)14(13)18)8-9-7-10(15)5-6-11(9)16/h2-7H,8,18H2,1H3. The summed E-state index contributed by atoms with van der Waals surface area (Å²) in [5, 5.41) is 0. The Morgan fingerprint density at radius 1 is 1.16 bits per heavy atom. The zero-order valence-electron chi connectivity index (χ0n) is 10.3. The average Bonchev–Trinajstić information content (AvgIpc) is 2.37. The number of nitrogens with zero attached hydrogens (tertiary/aromatic N) is 1. The van der Waals surface area contributed by atoms with Gasteiger partial charge in [-0.2, -0.15) is 0 Å². The van der Waals surface area contributed by atoms with Crippen LogP contribution in [0.1, 0.15) is 5.56 Å². The fraction of sp³-hybridized carbons (Fsp3) is 0.143. The zero-order chi connectivity index (χ0) is 14.0. The Bertz CT molecular complexity index is 602. The van der Waals surface area contributed by atoms with Crippen molar-refractivity contribution in [1.82, 2.24) is 0 Å². The highest BCUT2D eigenvalue weighted by molar-refractivity contribution is 9.10. The van der Waals surface area contributed by atoms with Crippen LogP contribution in [-0.4, -0.2) is 7.05 Å². The molecule has 0 heterocycles. The number of halogens is 3. The number of benzene rings is 2. The van der Waals surface area contributed by atoms with Crippen LogP contribution in [0.5, 0.6) is 0 Å². The van der Waals surface area contributed by atoms with E-state index in [0.29, 0.717) is 17.8 Å². The van der Waals surface area contributed by atoms with Gasteiger partial charge in [-0.15, -0.1) is 0 Å². The zero-order valence-corrected chi connectivity index (χ0v) is 11.9. The lowest BCUT2D eigenvalue weighted by molar-refractivity contribution is 0.607. The van der Waals surface area contributed by atoms with Gasteiger partial charge in [0.05, 0.1) is 11.4 Å². The summed E-state index contributed by atoms with van der Waals surface area (Å²) in [4.78, 5) is 1.71. The fourth-order valence-corrected chi connectivity index (χ4v) is 2.27. The first-order valence-electron chi connectivity index (χ1n) is 5.68. The quantitative estimate of drug-likeness (QED) is 0.865. The predicted octanol–water partition coefficient (Wildman–Crippen LogP) is 3.95. The largest absolute Gasteiger partial charge is 0.395 e. The summed E-state index contributed by atoms with van der Waals surface area (Å²) in [6, 6.07) is 9.30. The summed E-state index contributed by atoms with van der Waals surface area (Å²) in [6.45, 7) is 0.304. The monoisotopic (exact) mass is 326 g/mol. The van der Waals surface area contributed by atoms with Gasteiger partial charge in [0.25, 0.3) is 0 Å². The minimum atomic E-state index is -0.473. The summed E-state index contributed by atoms with van der Waals surface area (Å²) >= 11 is 3.30. The Morgan fingerprint density at radius 3 is 2.63 bits per heavy atom. The number of nitrogens with two attached hydrogens (primary N) is 1. The Hall–Kier alpha value is -1.62. The van der Waals surface area contributed by atoms with Gasteiger partial charge in [0, 0.05) is 23.6 Å². The van der Waals surface area contributed by atoms with E-state index in [-0.39, 0.29) is 11.5 Å². The number of anilines is 2. The smallest absolute Gasteiger partial charge is 0.148 e. The molecule has 0 saturated heterocycles. The van der Waals surface area contributed by atoms with Crippen molar-refractivity contribution in [1.29, 1.82) is 0 Å². The molecular weight excluding hydrogens is 314 g/mol. The third-order valence-electron chi connectivity index (χ3n) is 2.86. The summed E-state index contributed by atoms with van der Waals surface area (Å²) in [5.41, 5.74) is 6.81.